The molecule has 3 heterocycles. The van der Waals surface area contributed by atoms with Crippen LogP contribution in [0.3, 0.4) is 0 Å². The largest absolute Gasteiger partial charge is 0.378 e. The number of pyridine rings is 1. The van der Waals surface area contributed by atoms with E-state index in [0.29, 0.717) is 6.54 Å². The van der Waals surface area contributed by atoms with Gasteiger partial charge in [0.15, 0.2) is 5.13 Å². The molecule has 1 fully saturated rings. The number of aromatic nitrogens is 2. The van der Waals surface area contributed by atoms with Crippen molar-refractivity contribution in [1.82, 2.24) is 9.97 Å². The first-order chi connectivity index (χ1) is 11.8. The third kappa shape index (κ3) is 3.20. The SMILES string of the molecule is Cc1cccc2sc(NCc3cccc(N4CCOCC4)n3)nc12. The Kier molecular flexibility index (Phi) is 4.32. The minimum atomic E-state index is 0.678. The number of para-hydroxylation sites is 1. The second-order valence-electron chi connectivity index (χ2n) is 5.88. The summed E-state index contributed by atoms with van der Waals surface area (Å²) in [6.07, 6.45) is 0. The standard InChI is InChI=1S/C18H20N4OS/c1-13-4-2-6-15-17(13)21-18(24-15)19-12-14-5-3-7-16(20-14)22-8-10-23-11-9-22/h2-7H,8-12H2,1H3,(H,19,21). The van der Waals surface area contributed by atoms with Gasteiger partial charge in [-0.25, -0.2) is 9.97 Å². The molecule has 2 aromatic heterocycles. The van der Waals surface area contributed by atoms with Crippen molar-refractivity contribution in [2.45, 2.75) is 13.5 Å². The normalized spacial score (nSPS) is 15.0. The van der Waals surface area contributed by atoms with Crippen molar-refractivity contribution >= 4 is 32.5 Å². The highest BCUT2D eigenvalue weighted by Gasteiger charge is 2.12. The van der Waals surface area contributed by atoms with Crippen LogP contribution in [0.5, 0.6) is 0 Å². The van der Waals surface area contributed by atoms with Crippen LogP contribution in [0.25, 0.3) is 10.2 Å². The fourth-order valence-electron chi connectivity index (χ4n) is 2.86. The first-order valence-electron chi connectivity index (χ1n) is 8.18. The number of nitrogens with one attached hydrogen (secondary N) is 1. The molecule has 1 aromatic carbocycles. The maximum absolute atomic E-state index is 5.41. The van der Waals surface area contributed by atoms with Crippen LogP contribution in [0.4, 0.5) is 10.9 Å². The van der Waals surface area contributed by atoms with E-state index in [2.05, 4.69) is 53.5 Å². The van der Waals surface area contributed by atoms with Crippen molar-refractivity contribution in [3.05, 3.63) is 47.7 Å². The number of nitrogens with zero attached hydrogens (tertiary/aromatic N) is 3. The molecule has 0 bridgehead atoms. The Morgan fingerprint density at radius 1 is 1.12 bits per heavy atom. The summed E-state index contributed by atoms with van der Waals surface area (Å²) in [5, 5.41) is 4.35. The Hall–Kier alpha value is -2.18. The van der Waals surface area contributed by atoms with Crippen LogP contribution in [-0.4, -0.2) is 36.3 Å². The smallest absolute Gasteiger partial charge is 0.184 e. The minimum absolute atomic E-state index is 0.678. The predicted octanol–water partition coefficient (Wildman–Crippen LogP) is 3.45. The molecule has 0 atom stereocenters. The van der Waals surface area contributed by atoms with Crippen LogP contribution in [0.1, 0.15) is 11.3 Å². The Balaban J connectivity index is 1.47. The van der Waals surface area contributed by atoms with Crippen LogP contribution < -0.4 is 10.2 Å². The molecule has 124 valence electrons. The fourth-order valence-corrected chi connectivity index (χ4v) is 3.80. The molecule has 0 aliphatic carbocycles. The summed E-state index contributed by atoms with van der Waals surface area (Å²) in [4.78, 5) is 11.7. The lowest BCUT2D eigenvalue weighted by molar-refractivity contribution is 0.122. The van der Waals surface area contributed by atoms with Crippen molar-refractivity contribution in [2.75, 3.05) is 36.5 Å². The lowest BCUT2D eigenvalue weighted by Gasteiger charge is -2.28. The molecule has 1 aliphatic rings. The van der Waals surface area contributed by atoms with E-state index >= 15 is 0 Å². The molecule has 1 saturated heterocycles. The molecule has 0 saturated carbocycles. The van der Waals surface area contributed by atoms with Gasteiger partial charge in [-0.15, -0.1) is 0 Å². The third-order valence-electron chi connectivity index (χ3n) is 4.17. The number of ether oxygens (including phenoxy) is 1. The van der Waals surface area contributed by atoms with Crippen LogP contribution >= 0.6 is 11.3 Å². The topological polar surface area (TPSA) is 50.3 Å². The first kappa shape index (κ1) is 15.4. The van der Waals surface area contributed by atoms with Gasteiger partial charge in [-0.3, -0.25) is 0 Å². The zero-order chi connectivity index (χ0) is 16.4. The number of anilines is 2. The van der Waals surface area contributed by atoms with Crippen molar-refractivity contribution in [3.8, 4) is 0 Å². The highest BCUT2D eigenvalue weighted by Crippen LogP contribution is 2.28. The second-order valence-corrected chi connectivity index (χ2v) is 6.91. The van der Waals surface area contributed by atoms with E-state index in [9.17, 15) is 0 Å². The Bertz CT molecular complexity index is 842. The summed E-state index contributed by atoms with van der Waals surface area (Å²) in [6, 6.07) is 12.5. The average Bonchev–Trinajstić information content (AvgIpc) is 3.06. The van der Waals surface area contributed by atoms with Gasteiger partial charge in [-0.05, 0) is 30.7 Å². The molecule has 0 radical (unpaired) electrons. The van der Waals surface area contributed by atoms with Crippen LogP contribution in [0.2, 0.25) is 0 Å². The van der Waals surface area contributed by atoms with Gasteiger partial charge in [0.05, 0.1) is 35.7 Å². The average molecular weight is 340 g/mol. The summed E-state index contributed by atoms with van der Waals surface area (Å²) in [5.74, 6) is 1.03. The summed E-state index contributed by atoms with van der Waals surface area (Å²) in [6.45, 7) is 6.13. The molecular formula is C18H20N4OS. The van der Waals surface area contributed by atoms with E-state index in [1.54, 1.807) is 11.3 Å². The van der Waals surface area contributed by atoms with Gasteiger partial charge in [0.2, 0.25) is 0 Å². The lowest BCUT2D eigenvalue weighted by Crippen LogP contribution is -2.36. The number of rotatable bonds is 4. The van der Waals surface area contributed by atoms with E-state index in [0.717, 1.165) is 48.5 Å². The van der Waals surface area contributed by atoms with Crippen LogP contribution in [0, 0.1) is 6.92 Å². The van der Waals surface area contributed by atoms with Crippen LogP contribution in [0.15, 0.2) is 36.4 Å². The first-order valence-corrected chi connectivity index (χ1v) is 9.00. The zero-order valence-electron chi connectivity index (χ0n) is 13.7. The van der Waals surface area contributed by atoms with Gasteiger partial charge < -0.3 is 15.0 Å². The number of fused-ring (bicyclic) bond motifs is 1. The Morgan fingerprint density at radius 3 is 2.79 bits per heavy atom. The maximum atomic E-state index is 5.41. The number of hydrogen-bond acceptors (Lipinski definition) is 6. The monoisotopic (exact) mass is 340 g/mol. The molecule has 3 aromatic rings. The molecule has 24 heavy (non-hydrogen) atoms. The number of aryl methyl sites for hydroxylation is 1. The quantitative estimate of drug-likeness (QED) is 0.788. The Labute approximate surface area is 145 Å². The molecule has 4 rings (SSSR count). The molecule has 0 amide bonds. The molecule has 1 N–H and O–H groups in total. The van der Waals surface area contributed by atoms with E-state index in [4.69, 9.17) is 14.7 Å². The Morgan fingerprint density at radius 2 is 1.96 bits per heavy atom. The fraction of sp³-hybridized carbons (Fsp3) is 0.333. The van der Waals surface area contributed by atoms with E-state index in [1.165, 1.54) is 10.3 Å². The van der Waals surface area contributed by atoms with Gasteiger partial charge in [0.25, 0.3) is 0 Å². The second kappa shape index (κ2) is 6.75. The van der Waals surface area contributed by atoms with Crippen molar-refractivity contribution < 1.29 is 4.74 Å². The highest BCUT2D eigenvalue weighted by atomic mass is 32.1. The third-order valence-corrected chi connectivity index (χ3v) is 5.15. The highest BCUT2D eigenvalue weighted by molar-refractivity contribution is 7.22. The van der Waals surface area contributed by atoms with Crippen molar-refractivity contribution in [1.29, 1.82) is 0 Å². The number of hydrogen-bond donors (Lipinski definition) is 1. The minimum Gasteiger partial charge on any atom is -0.378 e. The molecule has 0 spiro atoms. The van der Waals surface area contributed by atoms with E-state index in [-0.39, 0.29) is 0 Å². The van der Waals surface area contributed by atoms with E-state index in [1.807, 2.05) is 0 Å². The number of benzene rings is 1. The van der Waals surface area contributed by atoms with Crippen LogP contribution in [-0.2, 0) is 11.3 Å². The number of morpholine rings is 1. The molecule has 0 unspecified atom stereocenters. The van der Waals surface area contributed by atoms with Crippen molar-refractivity contribution in [3.63, 3.8) is 0 Å². The summed E-state index contributed by atoms with van der Waals surface area (Å²) >= 11 is 1.69. The van der Waals surface area contributed by atoms with Crippen molar-refractivity contribution in [2.24, 2.45) is 0 Å². The summed E-state index contributed by atoms with van der Waals surface area (Å²) in [5.41, 5.74) is 3.32. The van der Waals surface area contributed by atoms with Gasteiger partial charge in [-0.2, -0.15) is 0 Å². The lowest BCUT2D eigenvalue weighted by atomic mass is 10.2. The zero-order valence-corrected chi connectivity index (χ0v) is 14.5. The van der Waals surface area contributed by atoms with E-state index < -0.39 is 0 Å². The van der Waals surface area contributed by atoms with Gasteiger partial charge in [0, 0.05) is 13.1 Å². The van der Waals surface area contributed by atoms with Gasteiger partial charge >= 0.3 is 0 Å². The van der Waals surface area contributed by atoms with Gasteiger partial charge in [-0.1, -0.05) is 29.5 Å². The molecule has 5 nitrogen and oxygen atoms in total. The van der Waals surface area contributed by atoms with Gasteiger partial charge in [0.1, 0.15) is 5.82 Å². The molecular weight excluding hydrogens is 320 g/mol. The number of thiazole rings is 1. The molecule has 1 aliphatic heterocycles. The maximum Gasteiger partial charge on any atom is 0.184 e. The summed E-state index contributed by atoms with van der Waals surface area (Å²) < 4.78 is 6.62. The molecule has 6 heteroatoms. The summed E-state index contributed by atoms with van der Waals surface area (Å²) in [7, 11) is 0. The predicted molar refractivity (Wildman–Crippen MR) is 99.0 cm³/mol.